The van der Waals surface area contributed by atoms with Crippen LogP contribution in [0.25, 0.3) is 5.69 Å². The highest BCUT2D eigenvalue weighted by atomic mass is 19.1. The quantitative estimate of drug-likeness (QED) is 0.618. The molecule has 2 saturated heterocycles. The molecule has 9 nitrogen and oxygen atoms in total. The molecule has 10 heteroatoms. The van der Waals surface area contributed by atoms with Crippen LogP contribution in [-0.2, 0) is 0 Å². The van der Waals surface area contributed by atoms with Gasteiger partial charge in [-0.2, -0.15) is 15.0 Å². The Kier molecular flexibility index (Phi) is 4.72. The van der Waals surface area contributed by atoms with Crippen molar-refractivity contribution in [3.8, 4) is 5.69 Å². The first-order chi connectivity index (χ1) is 14.6. The maximum atomic E-state index is 14.0. The van der Waals surface area contributed by atoms with Gasteiger partial charge in [-0.15, -0.1) is 0 Å². The van der Waals surface area contributed by atoms with Gasteiger partial charge >= 0.3 is 0 Å². The molecule has 2 aliphatic heterocycles. The van der Waals surface area contributed by atoms with Gasteiger partial charge in [0.25, 0.3) is 0 Å². The number of carbonyl (C=O) groups is 1. The van der Waals surface area contributed by atoms with Crippen molar-refractivity contribution in [2.45, 2.75) is 37.4 Å². The minimum absolute atomic E-state index is 0.0699. The SMILES string of the molecule is CNc1cc(C2C[C@@H]3CCC(C(=O)c4cc(F)ccc4-n4nccn4)NN23)ncn1. The minimum atomic E-state index is -0.467. The van der Waals surface area contributed by atoms with E-state index in [1.165, 1.54) is 41.7 Å². The minimum Gasteiger partial charge on any atom is -0.373 e. The molecule has 4 heterocycles. The number of nitrogens with one attached hydrogen (secondary N) is 2. The van der Waals surface area contributed by atoms with Crippen molar-refractivity contribution in [3.63, 3.8) is 0 Å². The van der Waals surface area contributed by atoms with Crippen LogP contribution in [-0.4, -0.2) is 54.9 Å². The molecular formula is C20H21FN8O. The molecule has 1 aromatic carbocycles. The molecule has 30 heavy (non-hydrogen) atoms. The molecule has 0 spiro atoms. The summed E-state index contributed by atoms with van der Waals surface area (Å²) in [6.07, 6.45) is 7.11. The molecule has 0 aliphatic carbocycles. The molecule has 2 aromatic heterocycles. The van der Waals surface area contributed by atoms with Crippen LogP contribution in [0.3, 0.4) is 0 Å². The normalized spacial score (nSPS) is 23.5. The molecule has 2 aliphatic rings. The van der Waals surface area contributed by atoms with E-state index in [0.29, 0.717) is 18.2 Å². The van der Waals surface area contributed by atoms with Gasteiger partial charge in [-0.25, -0.2) is 24.8 Å². The van der Waals surface area contributed by atoms with Crippen LogP contribution < -0.4 is 10.7 Å². The maximum absolute atomic E-state index is 14.0. The van der Waals surface area contributed by atoms with Gasteiger partial charge in [-0.3, -0.25) is 4.79 Å². The summed E-state index contributed by atoms with van der Waals surface area (Å²) in [4.78, 5) is 23.2. The number of nitrogens with zero attached hydrogens (tertiary/aromatic N) is 6. The second-order valence-electron chi connectivity index (χ2n) is 7.49. The Hall–Kier alpha value is -3.24. The van der Waals surface area contributed by atoms with Crippen LogP contribution in [0.1, 0.15) is 41.4 Å². The molecule has 2 unspecified atom stereocenters. The van der Waals surface area contributed by atoms with Gasteiger partial charge in [0, 0.05) is 24.7 Å². The number of hydrogen-bond acceptors (Lipinski definition) is 8. The summed E-state index contributed by atoms with van der Waals surface area (Å²) >= 11 is 0. The summed E-state index contributed by atoms with van der Waals surface area (Å²) in [6.45, 7) is 0. The third kappa shape index (κ3) is 3.23. The van der Waals surface area contributed by atoms with Gasteiger partial charge in [-0.05, 0) is 37.5 Å². The van der Waals surface area contributed by atoms with Crippen LogP contribution in [0, 0.1) is 5.82 Å². The van der Waals surface area contributed by atoms with Crippen molar-refractivity contribution in [1.29, 1.82) is 0 Å². The third-order valence-corrected chi connectivity index (χ3v) is 5.78. The van der Waals surface area contributed by atoms with E-state index in [9.17, 15) is 9.18 Å². The van der Waals surface area contributed by atoms with Gasteiger partial charge in [0.1, 0.15) is 18.0 Å². The maximum Gasteiger partial charge on any atom is 0.183 e. The number of hydrazine groups is 1. The van der Waals surface area contributed by atoms with Crippen molar-refractivity contribution < 1.29 is 9.18 Å². The summed E-state index contributed by atoms with van der Waals surface area (Å²) in [5.41, 5.74) is 4.99. The van der Waals surface area contributed by atoms with Crippen molar-refractivity contribution in [2.75, 3.05) is 12.4 Å². The zero-order valence-corrected chi connectivity index (χ0v) is 16.4. The van der Waals surface area contributed by atoms with Gasteiger partial charge < -0.3 is 5.32 Å². The van der Waals surface area contributed by atoms with E-state index in [0.717, 1.165) is 24.4 Å². The Morgan fingerprint density at radius 3 is 2.83 bits per heavy atom. The fraction of sp³-hybridized carbons (Fsp3) is 0.350. The molecule has 0 amide bonds. The van der Waals surface area contributed by atoms with Gasteiger partial charge in [-0.1, -0.05) is 0 Å². The second kappa shape index (κ2) is 7.54. The molecule has 0 saturated carbocycles. The van der Waals surface area contributed by atoms with Crippen molar-refractivity contribution in [1.82, 2.24) is 35.4 Å². The van der Waals surface area contributed by atoms with E-state index in [1.807, 2.05) is 13.1 Å². The Balaban J connectivity index is 1.39. The van der Waals surface area contributed by atoms with Crippen LogP contribution in [0.2, 0.25) is 0 Å². The number of benzene rings is 1. The molecule has 3 atom stereocenters. The average molecular weight is 408 g/mol. The Morgan fingerprint density at radius 2 is 2.03 bits per heavy atom. The van der Waals surface area contributed by atoms with Crippen LogP contribution in [0.15, 0.2) is 43.0 Å². The number of rotatable bonds is 5. The van der Waals surface area contributed by atoms with Gasteiger partial charge in [0.15, 0.2) is 5.78 Å². The lowest BCUT2D eigenvalue weighted by molar-refractivity contribution is -0.0766. The van der Waals surface area contributed by atoms with E-state index >= 15 is 0 Å². The zero-order valence-electron chi connectivity index (χ0n) is 16.4. The first-order valence-corrected chi connectivity index (χ1v) is 9.88. The van der Waals surface area contributed by atoms with Gasteiger partial charge in [0.2, 0.25) is 0 Å². The molecule has 2 N–H and O–H groups in total. The van der Waals surface area contributed by atoms with E-state index in [4.69, 9.17) is 0 Å². The van der Waals surface area contributed by atoms with Crippen LogP contribution >= 0.6 is 0 Å². The standard InChI is InChI=1S/C20H21FN8O/c1-22-19-10-16(23-11-24-19)18-9-13-3-4-15(27-28(13)18)20(30)14-8-12(21)2-5-17(14)29-25-6-7-26-29/h2,5-8,10-11,13,15,18,27H,3-4,9H2,1H3,(H,22,23,24)/t13-,15?,18?/m0/s1. The predicted octanol–water partition coefficient (Wildman–Crippen LogP) is 1.90. The summed E-state index contributed by atoms with van der Waals surface area (Å²) in [5, 5.41) is 13.3. The molecular weight excluding hydrogens is 387 g/mol. The molecule has 3 aromatic rings. The highest BCUT2D eigenvalue weighted by Crippen LogP contribution is 2.41. The Bertz CT molecular complexity index is 1070. The monoisotopic (exact) mass is 408 g/mol. The van der Waals surface area contributed by atoms with E-state index in [1.54, 1.807) is 0 Å². The van der Waals surface area contributed by atoms with E-state index in [-0.39, 0.29) is 17.4 Å². The number of ketones is 1. The molecule has 154 valence electrons. The number of aromatic nitrogens is 5. The Morgan fingerprint density at radius 1 is 1.20 bits per heavy atom. The Labute approximate surface area is 172 Å². The summed E-state index contributed by atoms with van der Waals surface area (Å²) in [7, 11) is 1.81. The molecule has 0 radical (unpaired) electrons. The summed E-state index contributed by atoms with van der Waals surface area (Å²) in [5.74, 6) is 0.110. The predicted molar refractivity (Wildman–Crippen MR) is 106 cm³/mol. The fourth-order valence-electron chi connectivity index (χ4n) is 4.21. The average Bonchev–Trinajstić information content (AvgIpc) is 3.29. The summed E-state index contributed by atoms with van der Waals surface area (Å²) in [6, 6.07) is 5.98. The zero-order chi connectivity index (χ0) is 20.7. The molecule has 0 bridgehead atoms. The number of anilines is 1. The first-order valence-electron chi connectivity index (χ1n) is 9.88. The highest BCUT2D eigenvalue weighted by molar-refractivity contribution is 6.03. The number of halogens is 1. The smallest absolute Gasteiger partial charge is 0.183 e. The molecule has 2 fully saturated rings. The summed E-state index contributed by atoms with van der Waals surface area (Å²) < 4.78 is 14.0. The lowest BCUT2D eigenvalue weighted by Crippen LogP contribution is -2.64. The number of Topliss-reactive ketones (excluding diaryl/α,β-unsaturated/α-hetero) is 1. The largest absolute Gasteiger partial charge is 0.373 e. The van der Waals surface area contributed by atoms with Gasteiger partial charge in [0.05, 0.1) is 35.9 Å². The van der Waals surface area contributed by atoms with Crippen molar-refractivity contribution in [3.05, 3.63) is 60.1 Å². The van der Waals surface area contributed by atoms with Crippen LogP contribution in [0.4, 0.5) is 10.2 Å². The highest BCUT2D eigenvalue weighted by Gasteiger charge is 2.45. The van der Waals surface area contributed by atoms with E-state index in [2.05, 4.69) is 35.9 Å². The third-order valence-electron chi connectivity index (χ3n) is 5.78. The lowest BCUT2D eigenvalue weighted by atomic mass is 9.84. The van der Waals surface area contributed by atoms with E-state index < -0.39 is 11.9 Å². The second-order valence-corrected chi connectivity index (χ2v) is 7.49. The number of hydrogen-bond donors (Lipinski definition) is 2. The topological polar surface area (TPSA) is 101 Å². The van der Waals surface area contributed by atoms with Crippen molar-refractivity contribution in [2.24, 2.45) is 0 Å². The number of fused-ring (bicyclic) bond motifs is 1. The van der Waals surface area contributed by atoms with Crippen LogP contribution in [0.5, 0.6) is 0 Å². The van der Waals surface area contributed by atoms with Crippen molar-refractivity contribution >= 4 is 11.6 Å². The fourth-order valence-corrected chi connectivity index (χ4v) is 4.21. The number of carbonyl (C=O) groups excluding carboxylic acids is 1. The molecule has 5 rings (SSSR count). The lowest BCUT2D eigenvalue weighted by Gasteiger charge is -2.53. The first kappa shape index (κ1) is 18.8.